The first kappa shape index (κ1) is 12.7. The van der Waals surface area contributed by atoms with E-state index in [0.717, 1.165) is 3.63 Å². The van der Waals surface area contributed by atoms with Gasteiger partial charge in [-0.1, -0.05) is 0 Å². The van der Waals surface area contributed by atoms with E-state index in [1.807, 2.05) is 0 Å². The molecule has 1 unspecified atom stereocenters. The van der Waals surface area contributed by atoms with E-state index in [9.17, 15) is 0 Å². The van der Waals surface area contributed by atoms with Crippen molar-refractivity contribution in [2.75, 3.05) is 0 Å². The summed E-state index contributed by atoms with van der Waals surface area (Å²) >= 11 is -1.10. The fourth-order valence-electron chi connectivity index (χ4n) is 2.00. The molecule has 0 nitrogen and oxygen atoms in total. The molecule has 1 aromatic carbocycles. The monoisotopic (exact) mass is 277 g/mol. The van der Waals surface area contributed by atoms with Crippen molar-refractivity contribution in [3.63, 3.8) is 0 Å². The van der Waals surface area contributed by atoms with E-state index in [4.69, 9.17) is 0 Å². The first-order chi connectivity index (χ1) is 7.20. The Bertz CT molecular complexity index is 364. The van der Waals surface area contributed by atoms with E-state index < -0.39 is 21.8 Å². The average molecular weight is 279 g/mol. The van der Waals surface area contributed by atoms with Crippen molar-refractivity contribution in [2.45, 2.75) is 19.8 Å². The molecule has 0 aromatic heterocycles. The average Bonchev–Trinajstić information content (AvgIpc) is 2.66. The van der Waals surface area contributed by atoms with Gasteiger partial charge in [-0.25, -0.2) is 0 Å². The summed E-state index contributed by atoms with van der Waals surface area (Å²) in [5.74, 6) is 0. The molecule has 1 aromatic rings. The Morgan fingerprint density at radius 3 is 2.47 bits per heavy atom. The van der Waals surface area contributed by atoms with E-state index in [1.165, 1.54) is 11.1 Å². The molecular formula is C14H19Zr. The van der Waals surface area contributed by atoms with Gasteiger partial charge >= 0.3 is 88.6 Å². The molecule has 0 spiro atoms. The molecule has 0 saturated carbocycles. The van der Waals surface area contributed by atoms with Crippen molar-refractivity contribution in [1.29, 1.82) is 0 Å². The molecule has 0 saturated heterocycles. The number of allylic oxidation sites excluding steroid dienone is 1. The van der Waals surface area contributed by atoms with E-state index >= 15 is 0 Å². The van der Waals surface area contributed by atoms with Crippen LogP contribution in [0.5, 0.6) is 0 Å². The van der Waals surface area contributed by atoms with Gasteiger partial charge in [0, 0.05) is 0 Å². The van der Waals surface area contributed by atoms with Crippen molar-refractivity contribution in [3.8, 4) is 0 Å². The van der Waals surface area contributed by atoms with Crippen molar-refractivity contribution in [1.82, 2.24) is 0 Å². The van der Waals surface area contributed by atoms with Gasteiger partial charge in [0.05, 0.1) is 0 Å². The summed E-state index contributed by atoms with van der Waals surface area (Å²) in [5, 5.41) is 0. The van der Waals surface area contributed by atoms with Crippen LogP contribution in [0.4, 0.5) is 0 Å². The maximum absolute atomic E-state index is 3.00. The predicted molar refractivity (Wildman–Crippen MR) is 65.9 cm³/mol. The van der Waals surface area contributed by atoms with E-state index in [1.54, 1.807) is 5.56 Å². The third-order valence-electron chi connectivity index (χ3n) is 2.77. The number of aryl methyl sites for hydroxylation is 1. The standard InChI is InChI=1S/C10H9.C2H4.2CH3.Zr/c1-8-4-2-5-9-6-3-7-10(8)9;1-2;;;/h2-7H,1H3;1-2H2;2*1H3;. The molecule has 0 amide bonds. The number of fused-ring (bicyclic) bond motifs is 1. The number of benzene rings is 1. The first-order valence-electron chi connectivity index (χ1n) is 5.28. The summed E-state index contributed by atoms with van der Waals surface area (Å²) in [5.41, 5.74) is 4.52. The zero-order valence-corrected chi connectivity index (χ0v) is 12.3. The summed E-state index contributed by atoms with van der Waals surface area (Å²) in [4.78, 5) is 0. The molecule has 0 bridgehead atoms. The molecule has 79 valence electrons. The maximum atomic E-state index is 3.00. The summed E-state index contributed by atoms with van der Waals surface area (Å²) < 4.78 is 5.79. The van der Waals surface area contributed by atoms with Crippen molar-refractivity contribution in [3.05, 3.63) is 54.1 Å². The second kappa shape index (κ2) is 5.61. The van der Waals surface area contributed by atoms with Gasteiger partial charge in [0.1, 0.15) is 0 Å². The van der Waals surface area contributed by atoms with Crippen LogP contribution in [-0.4, -0.2) is 0 Å². The molecule has 1 atom stereocenters. The zero-order valence-electron chi connectivity index (χ0n) is 9.88. The fraction of sp³-hybridized carbons (Fsp3) is 0.286. The van der Waals surface area contributed by atoms with Gasteiger partial charge in [0.15, 0.2) is 0 Å². The SMILES string of the molecule is C=C.Cc1cccc2c1C=C[CH]2[Zr]([CH3])[CH3]. The Labute approximate surface area is 101 Å². The molecule has 1 aliphatic carbocycles. The second-order valence-corrected chi connectivity index (χ2v) is 10.8. The van der Waals surface area contributed by atoms with Gasteiger partial charge in [-0.2, -0.15) is 0 Å². The molecule has 0 aliphatic heterocycles. The van der Waals surface area contributed by atoms with Crippen molar-refractivity contribution in [2.24, 2.45) is 0 Å². The van der Waals surface area contributed by atoms with Crippen LogP contribution in [-0.2, 0) is 21.8 Å². The topological polar surface area (TPSA) is 0 Å². The molecule has 0 N–H and O–H groups in total. The Kier molecular flexibility index (Phi) is 4.73. The third kappa shape index (κ3) is 2.58. The van der Waals surface area contributed by atoms with Crippen LogP contribution in [0, 0.1) is 6.92 Å². The van der Waals surface area contributed by atoms with Crippen LogP contribution < -0.4 is 0 Å². The van der Waals surface area contributed by atoms with E-state index in [2.05, 4.69) is 59.7 Å². The Morgan fingerprint density at radius 1 is 1.20 bits per heavy atom. The van der Waals surface area contributed by atoms with Crippen LogP contribution >= 0.6 is 0 Å². The van der Waals surface area contributed by atoms with Crippen LogP contribution in [0.15, 0.2) is 37.4 Å². The summed E-state index contributed by atoms with van der Waals surface area (Å²) in [7, 11) is 0. The Hall–Kier alpha value is -0.417. The van der Waals surface area contributed by atoms with Crippen LogP contribution in [0.3, 0.4) is 0 Å². The van der Waals surface area contributed by atoms with Gasteiger partial charge in [0.2, 0.25) is 0 Å². The number of rotatable bonds is 1. The number of hydrogen-bond donors (Lipinski definition) is 0. The Balaban J connectivity index is 0.000000531. The molecule has 0 fully saturated rings. The van der Waals surface area contributed by atoms with E-state index in [0.29, 0.717) is 0 Å². The molecule has 15 heavy (non-hydrogen) atoms. The summed E-state index contributed by atoms with van der Waals surface area (Å²) in [6.07, 6.45) is 4.75. The minimum absolute atomic E-state index is 0.831. The van der Waals surface area contributed by atoms with Gasteiger partial charge in [-0.15, -0.1) is 13.2 Å². The third-order valence-corrected chi connectivity index (χ3v) is 7.07. The van der Waals surface area contributed by atoms with Crippen LogP contribution in [0.25, 0.3) is 6.08 Å². The van der Waals surface area contributed by atoms with Crippen LogP contribution in [0.2, 0.25) is 9.26 Å². The normalized spacial score (nSPS) is 16.6. The quantitative estimate of drug-likeness (QED) is 0.660. The summed E-state index contributed by atoms with van der Waals surface area (Å²) in [6, 6.07) is 6.71. The van der Waals surface area contributed by atoms with Crippen molar-refractivity contribution < 1.29 is 21.8 Å². The van der Waals surface area contributed by atoms with Crippen LogP contribution in [0.1, 0.15) is 20.3 Å². The molecule has 0 radical (unpaired) electrons. The van der Waals surface area contributed by atoms with Gasteiger partial charge in [-0.3, -0.25) is 0 Å². The number of hydrogen-bond acceptors (Lipinski definition) is 0. The van der Waals surface area contributed by atoms with Gasteiger partial charge in [-0.05, 0) is 0 Å². The Morgan fingerprint density at radius 2 is 1.87 bits per heavy atom. The fourth-order valence-corrected chi connectivity index (χ4v) is 5.33. The van der Waals surface area contributed by atoms with Crippen molar-refractivity contribution >= 4 is 6.08 Å². The minimum atomic E-state index is -1.10. The molecule has 0 heterocycles. The summed E-state index contributed by atoms with van der Waals surface area (Å²) in [6.45, 7) is 8.21. The zero-order chi connectivity index (χ0) is 11.4. The van der Waals surface area contributed by atoms with Gasteiger partial charge < -0.3 is 0 Å². The second-order valence-electron chi connectivity index (χ2n) is 3.99. The molecule has 1 aliphatic rings. The molecular weight excluding hydrogens is 259 g/mol. The van der Waals surface area contributed by atoms with Gasteiger partial charge in [0.25, 0.3) is 0 Å². The van der Waals surface area contributed by atoms with E-state index in [-0.39, 0.29) is 0 Å². The molecule has 1 heteroatoms. The molecule has 2 rings (SSSR count). The first-order valence-corrected chi connectivity index (χ1v) is 11.6. The predicted octanol–water partition coefficient (Wildman–Crippen LogP) is 4.58.